The van der Waals surface area contributed by atoms with Crippen LogP contribution in [-0.4, -0.2) is 27.3 Å². The number of alkyl halides is 3. The van der Waals surface area contributed by atoms with Gasteiger partial charge in [-0.1, -0.05) is 0 Å². The van der Waals surface area contributed by atoms with Crippen molar-refractivity contribution in [1.82, 2.24) is 20.2 Å². The highest BCUT2D eigenvalue weighted by Gasteiger charge is 2.32. The third-order valence-electron chi connectivity index (χ3n) is 2.96. The average molecular weight is 294 g/mol. The first-order valence-electron chi connectivity index (χ1n) is 5.91. The first-order valence-corrected chi connectivity index (χ1v) is 5.91. The lowest BCUT2D eigenvalue weighted by Gasteiger charge is -2.07. The Morgan fingerprint density at radius 2 is 1.90 bits per heavy atom. The van der Waals surface area contributed by atoms with E-state index in [0.29, 0.717) is 22.5 Å². The minimum absolute atomic E-state index is 0.287. The first-order chi connectivity index (χ1) is 10.0. The highest BCUT2D eigenvalue weighted by molar-refractivity contribution is 5.96. The molecule has 21 heavy (non-hydrogen) atoms. The summed E-state index contributed by atoms with van der Waals surface area (Å²) in [6.45, 7) is 0. The number of aromatic nitrogens is 4. The van der Waals surface area contributed by atoms with Crippen molar-refractivity contribution >= 4 is 10.9 Å². The zero-order valence-corrected chi connectivity index (χ0v) is 10.8. The summed E-state index contributed by atoms with van der Waals surface area (Å²) >= 11 is 0. The number of hydrogen-bond donors (Lipinski definition) is 1. The van der Waals surface area contributed by atoms with Crippen LogP contribution in [0.1, 0.15) is 5.69 Å². The molecule has 3 aromatic rings. The number of nitrogens with zero attached hydrogens (tertiary/aromatic N) is 3. The summed E-state index contributed by atoms with van der Waals surface area (Å²) in [5.74, 6) is 0.293. The maximum atomic E-state index is 12.7. The van der Waals surface area contributed by atoms with Crippen LogP contribution in [0.25, 0.3) is 22.2 Å². The second-order valence-electron chi connectivity index (χ2n) is 4.24. The Labute approximate surface area is 116 Å². The molecule has 0 aliphatic heterocycles. The van der Waals surface area contributed by atoms with Gasteiger partial charge in [0, 0.05) is 18.0 Å². The SMILES string of the molecule is COc1nccc2[nH]nc(-c3ccnc(C(F)(F)F)c3)c12. The number of aromatic amines is 1. The van der Waals surface area contributed by atoms with E-state index in [-0.39, 0.29) is 5.56 Å². The number of pyridine rings is 2. The molecule has 0 aromatic carbocycles. The minimum Gasteiger partial charge on any atom is -0.480 e. The molecule has 3 rings (SSSR count). The molecule has 0 radical (unpaired) electrons. The monoisotopic (exact) mass is 294 g/mol. The summed E-state index contributed by atoms with van der Waals surface area (Å²) in [7, 11) is 1.44. The van der Waals surface area contributed by atoms with Crippen LogP contribution in [0.2, 0.25) is 0 Å². The first kappa shape index (κ1) is 13.3. The molecule has 5 nitrogen and oxygen atoms in total. The summed E-state index contributed by atoms with van der Waals surface area (Å²) in [5, 5.41) is 7.33. The van der Waals surface area contributed by atoms with Gasteiger partial charge in [0.15, 0.2) is 0 Å². The van der Waals surface area contributed by atoms with Crippen molar-refractivity contribution in [2.75, 3.05) is 7.11 Å². The van der Waals surface area contributed by atoms with E-state index >= 15 is 0 Å². The summed E-state index contributed by atoms with van der Waals surface area (Å²) < 4.78 is 43.4. The summed E-state index contributed by atoms with van der Waals surface area (Å²) in [4.78, 5) is 7.37. The smallest absolute Gasteiger partial charge is 0.433 e. The fraction of sp³-hybridized carbons (Fsp3) is 0.154. The molecule has 108 valence electrons. The third-order valence-corrected chi connectivity index (χ3v) is 2.96. The van der Waals surface area contributed by atoms with Crippen LogP contribution in [0, 0.1) is 0 Å². The molecule has 0 bridgehead atoms. The number of rotatable bonds is 2. The van der Waals surface area contributed by atoms with Crippen molar-refractivity contribution in [3.05, 3.63) is 36.3 Å². The molecule has 0 aliphatic carbocycles. The topological polar surface area (TPSA) is 63.7 Å². The molecule has 0 spiro atoms. The molecule has 0 unspecified atom stereocenters. The van der Waals surface area contributed by atoms with Crippen LogP contribution in [0.15, 0.2) is 30.6 Å². The van der Waals surface area contributed by atoms with Crippen molar-refractivity contribution in [3.63, 3.8) is 0 Å². The van der Waals surface area contributed by atoms with Crippen LogP contribution in [0.3, 0.4) is 0 Å². The number of fused-ring (bicyclic) bond motifs is 1. The maximum Gasteiger partial charge on any atom is 0.433 e. The fourth-order valence-corrected chi connectivity index (χ4v) is 2.03. The number of H-pyrrole nitrogens is 1. The van der Waals surface area contributed by atoms with E-state index in [1.165, 1.54) is 19.4 Å². The molecular formula is C13H9F3N4O. The van der Waals surface area contributed by atoms with Gasteiger partial charge in [-0.3, -0.25) is 10.1 Å². The standard InChI is InChI=1S/C13H9F3N4O/c1-21-12-10-8(3-5-18-12)19-20-11(10)7-2-4-17-9(6-7)13(14,15)16/h2-6H,1H3,(H,19,20). The Bertz CT molecular complexity index is 797. The summed E-state index contributed by atoms with van der Waals surface area (Å²) in [6.07, 6.45) is -1.89. The van der Waals surface area contributed by atoms with E-state index in [1.54, 1.807) is 6.07 Å². The Balaban J connectivity index is 2.22. The zero-order chi connectivity index (χ0) is 15.0. The molecule has 0 saturated heterocycles. The molecule has 0 saturated carbocycles. The predicted octanol–water partition coefficient (Wildman–Crippen LogP) is 3.05. The molecule has 0 aliphatic rings. The van der Waals surface area contributed by atoms with Gasteiger partial charge < -0.3 is 4.74 Å². The number of ether oxygens (including phenoxy) is 1. The van der Waals surface area contributed by atoms with Gasteiger partial charge in [-0.05, 0) is 18.2 Å². The van der Waals surface area contributed by atoms with Crippen LogP contribution in [-0.2, 0) is 6.18 Å². The molecule has 3 aromatic heterocycles. The van der Waals surface area contributed by atoms with Crippen LogP contribution in [0.5, 0.6) is 5.88 Å². The van der Waals surface area contributed by atoms with Gasteiger partial charge in [0.1, 0.15) is 11.4 Å². The Kier molecular flexibility index (Phi) is 3.00. The van der Waals surface area contributed by atoms with Gasteiger partial charge in [-0.2, -0.15) is 18.3 Å². The Morgan fingerprint density at radius 3 is 2.62 bits per heavy atom. The van der Waals surface area contributed by atoms with Crippen molar-refractivity contribution in [1.29, 1.82) is 0 Å². The average Bonchev–Trinajstić information content (AvgIpc) is 2.90. The quantitative estimate of drug-likeness (QED) is 0.789. The van der Waals surface area contributed by atoms with Crippen LogP contribution in [0.4, 0.5) is 13.2 Å². The van der Waals surface area contributed by atoms with Crippen LogP contribution >= 0.6 is 0 Å². The highest BCUT2D eigenvalue weighted by Crippen LogP contribution is 2.34. The molecule has 8 heteroatoms. The fourth-order valence-electron chi connectivity index (χ4n) is 2.03. The lowest BCUT2D eigenvalue weighted by Crippen LogP contribution is -2.07. The summed E-state index contributed by atoms with van der Waals surface area (Å²) in [6, 6.07) is 4.07. The Morgan fingerprint density at radius 1 is 1.14 bits per heavy atom. The minimum atomic E-state index is -4.51. The van der Waals surface area contributed by atoms with Gasteiger partial charge in [0.05, 0.1) is 18.0 Å². The van der Waals surface area contributed by atoms with Crippen molar-refractivity contribution in [3.8, 4) is 17.1 Å². The van der Waals surface area contributed by atoms with E-state index in [0.717, 1.165) is 12.3 Å². The van der Waals surface area contributed by atoms with E-state index in [4.69, 9.17) is 4.74 Å². The van der Waals surface area contributed by atoms with E-state index in [2.05, 4.69) is 20.2 Å². The van der Waals surface area contributed by atoms with Gasteiger partial charge in [0.2, 0.25) is 5.88 Å². The lowest BCUT2D eigenvalue weighted by molar-refractivity contribution is -0.141. The van der Waals surface area contributed by atoms with Gasteiger partial charge in [-0.15, -0.1) is 0 Å². The van der Waals surface area contributed by atoms with Gasteiger partial charge in [0.25, 0.3) is 0 Å². The molecule has 1 N–H and O–H groups in total. The van der Waals surface area contributed by atoms with Crippen LogP contribution < -0.4 is 4.74 Å². The largest absolute Gasteiger partial charge is 0.480 e. The maximum absolute atomic E-state index is 12.7. The summed E-state index contributed by atoms with van der Waals surface area (Å²) in [5.41, 5.74) is 0.277. The second-order valence-corrected chi connectivity index (χ2v) is 4.24. The molecule has 0 amide bonds. The number of hydrogen-bond acceptors (Lipinski definition) is 4. The predicted molar refractivity (Wildman–Crippen MR) is 68.7 cm³/mol. The third kappa shape index (κ3) is 2.28. The number of methoxy groups -OCH3 is 1. The van der Waals surface area contributed by atoms with E-state index in [1.807, 2.05) is 0 Å². The zero-order valence-electron chi connectivity index (χ0n) is 10.8. The Hall–Kier alpha value is -2.64. The van der Waals surface area contributed by atoms with Crippen molar-refractivity contribution in [2.45, 2.75) is 6.18 Å². The second kappa shape index (κ2) is 4.72. The molecular weight excluding hydrogens is 285 g/mol. The van der Waals surface area contributed by atoms with E-state index < -0.39 is 11.9 Å². The van der Waals surface area contributed by atoms with E-state index in [9.17, 15) is 13.2 Å². The highest BCUT2D eigenvalue weighted by atomic mass is 19.4. The normalized spacial score (nSPS) is 11.8. The number of halogens is 3. The number of nitrogens with one attached hydrogen (secondary N) is 1. The van der Waals surface area contributed by atoms with Crippen molar-refractivity contribution in [2.24, 2.45) is 0 Å². The van der Waals surface area contributed by atoms with Gasteiger partial charge in [-0.25, -0.2) is 4.98 Å². The molecule has 0 fully saturated rings. The van der Waals surface area contributed by atoms with Gasteiger partial charge >= 0.3 is 6.18 Å². The lowest BCUT2D eigenvalue weighted by atomic mass is 10.1. The molecule has 3 heterocycles. The van der Waals surface area contributed by atoms with Crippen molar-refractivity contribution < 1.29 is 17.9 Å². The molecule has 0 atom stereocenters.